The van der Waals surface area contributed by atoms with Crippen molar-refractivity contribution in [1.29, 1.82) is 0 Å². The number of thioether (sulfide) groups is 1. The van der Waals surface area contributed by atoms with E-state index >= 15 is 0 Å². The normalized spacial score (nSPS) is 23.2. The van der Waals surface area contributed by atoms with Crippen LogP contribution in [0.15, 0.2) is 78.9 Å². The molecule has 1 aliphatic rings. The highest BCUT2D eigenvalue weighted by atomic mass is 32.2. The van der Waals surface area contributed by atoms with Gasteiger partial charge in [0.2, 0.25) is 0 Å². The molecule has 4 unspecified atom stereocenters. The van der Waals surface area contributed by atoms with Crippen LogP contribution in [0.4, 0.5) is 5.69 Å². The zero-order chi connectivity index (χ0) is 22.3. The van der Waals surface area contributed by atoms with E-state index in [-0.39, 0.29) is 31.3 Å². The maximum atomic E-state index is 9.46. The van der Waals surface area contributed by atoms with Crippen LogP contribution in [0.5, 0.6) is 0 Å². The van der Waals surface area contributed by atoms with Crippen molar-refractivity contribution < 1.29 is 19.7 Å². The predicted octanol–water partition coefficient (Wildman–Crippen LogP) is 4.43. The summed E-state index contributed by atoms with van der Waals surface area (Å²) in [6, 6.07) is 25.8. The SMILES string of the molecule is Nc1cccc(C2OC(CSCCO)C(c3ccccc3)C(c3ccc(CO)cc3)O2)c1. The first-order chi connectivity index (χ1) is 15.7. The minimum atomic E-state index is -0.555. The van der Waals surface area contributed by atoms with Crippen LogP contribution in [0.1, 0.15) is 40.6 Å². The van der Waals surface area contributed by atoms with E-state index in [0.717, 1.165) is 28.0 Å². The Morgan fingerprint density at radius 2 is 1.56 bits per heavy atom. The van der Waals surface area contributed by atoms with Gasteiger partial charge in [-0.2, -0.15) is 11.8 Å². The molecule has 0 aromatic heterocycles. The van der Waals surface area contributed by atoms with Crippen molar-refractivity contribution in [2.75, 3.05) is 23.8 Å². The second-order valence-corrected chi connectivity index (χ2v) is 9.02. The van der Waals surface area contributed by atoms with Crippen LogP contribution >= 0.6 is 11.8 Å². The molecule has 1 saturated heterocycles. The summed E-state index contributed by atoms with van der Waals surface area (Å²) in [6.07, 6.45) is -0.928. The fraction of sp³-hybridized carbons (Fsp3) is 0.308. The van der Waals surface area contributed by atoms with Gasteiger partial charge in [-0.15, -0.1) is 0 Å². The average Bonchev–Trinajstić information content (AvgIpc) is 2.84. The number of ether oxygens (including phenoxy) is 2. The quantitative estimate of drug-likeness (QED) is 0.347. The standard InChI is InChI=1S/C26H29NO4S/c27-22-8-4-7-21(15-22)26-30-23(17-32-14-13-28)24(19-5-2-1-3-6-19)25(31-26)20-11-9-18(16-29)10-12-20/h1-12,15,23-26,28-29H,13-14,16-17,27H2. The third kappa shape index (κ3) is 5.34. The van der Waals surface area contributed by atoms with Gasteiger partial charge < -0.3 is 25.4 Å². The molecule has 3 aromatic rings. The summed E-state index contributed by atoms with van der Waals surface area (Å²) >= 11 is 1.67. The molecule has 6 heteroatoms. The molecule has 0 saturated carbocycles. The highest BCUT2D eigenvalue weighted by Gasteiger charge is 2.41. The number of anilines is 1. The van der Waals surface area contributed by atoms with Crippen molar-refractivity contribution in [3.8, 4) is 0 Å². The van der Waals surface area contributed by atoms with Crippen molar-refractivity contribution in [3.63, 3.8) is 0 Å². The number of aliphatic hydroxyl groups excluding tert-OH is 2. The minimum Gasteiger partial charge on any atom is -0.399 e. The Bertz CT molecular complexity index is 983. The van der Waals surface area contributed by atoms with Gasteiger partial charge in [-0.1, -0.05) is 66.7 Å². The maximum Gasteiger partial charge on any atom is 0.185 e. The van der Waals surface area contributed by atoms with Gasteiger partial charge in [-0.3, -0.25) is 0 Å². The van der Waals surface area contributed by atoms with Crippen molar-refractivity contribution in [1.82, 2.24) is 0 Å². The van der Waals surface area contributed by atoms with E-state index in [4.69, 9.17) is 15.2 Å². The van der Waals surface area contributed by atoms with Gasteiger partial charge in [0, 0.05) is 28.7 Å². The molecule has 4 atom stereocenters. The molecule has 1 heterocycles. The van der Waals surface area contributed by atoms with E-state index in [9.17, 15) is 10.2 Å². The maximum absolute atomic E-state index is 9.46. The van der Waals surface area contributed by atoms with Crippen molar-refractivity contribution >= 4 is 17.4 Å². The third-order valence-corrected chi connectivity index (χ3v) is 6.71. The van der Waals surface area contributed by atoms with E-state index < -0.39 is 6.29 Å². The Morgan fingerprint density at radius 1 is 0.812 bits per heavy atom. The summed E-state index contributed by atoms with van der Waals surface area (Å²) < 4.78 is 13.1. The first-order valence-corrected chi connectivity index (χ1v) is 11.9. The highest BCUT2D eigenvalue weighted by Crippen LogP contribution is 2.47. The molecule has 0 amide bonds. The molecule has 4 N–H and O–H groups in total. The Balaban J connectivity index is 1.74. The summed E-state index contributed by atoms with van der Waals surface area (Å²) in [5.41, 5.74) is 10.6. The van der Waals surface area contributed by atoms with Crippen molar-refractivity contribution in [3.05, 3.63) is 101 Å². The topological polar surface area (TPSA) is 84.9 Å². The lowest BCUT2D eigenvalue weighted by atomic mass is 9.84. The predicted molar refractivity (Wildman–Crippen MR) is 128 cm³/mol. The fourth-order valence-corrected chi connectivity index (χ4v) is 4.94. The van der Waals surface area contributed by atoms with Crippen molar-refractivity contribution in [2.45, 2.75) is 31.0 Å². The van der Waals surface area contributed by atoms with Crippen LogP contribution in [0, 0.1) is 0 Å². The molecule has 32 heavy (non-hydrogen) atoms. The lowest BCUT2D eigenvalue weighted by Crippen LogP contribution is -2.38. The van der Waals surface area contributed by atoms with Crippen LogP contribution in [0.2, 0.25) is 0 Å². The molecule has 3 aromatic carbocycles. The Hall–Kier alpha value is -2.35. The van der Waals surface area contributed by atoms with Crippen LogP contribution < -0.4 is 5.73 Å². The second-order valence-electron chi connectivity index (χ2n) is 7.87. The summed E-state index contributed by atoms with van der Waals surface area (Å²) in [7, 11) is 0. The monoisotopic (exact) mass is 451 g/mol. The van der Waals surface area contributed by atoms with Gasteiger partial charge in [-0.25, -0.2) is 0 Å². The highest BCUT2D eigenvalue weighted by molar-refractivity contribution is 7.99. The van der Waals surface area contributed by atoms with Crippen LogP contribution in [0.3, 0.4) is 0 Å². The van der Waals surface area contributed by atoms with Gasteiger partial charge in [-0.05, 0) is 28.8 Å². The van der Waals surface area contributed by atoms with Crippen LogP contribution in [-0.2, 0) is 16.1 Å². The molecule has 0 aliphatic carbocycles. The third-order valence-electron chi connectivity index (χ3n) is 5.67. The largest absolute Gasteiger partial charge is 0.399 e. The Morgan fingerprint density at radius 3 is 2.25 bits per heavy atom. The van der Waals surface area contributed by atoms with Gasteiger partial charge in [0.25, 0.3) is 0 Å². The number of aliphatic hydroxyl groups is 2. The first kappa shape index (κ1) is 22.8. The van der Waals surface area contributed by atoms with E-state index in [2.05, 4.69) is 12.1 Å². The molecule has 1 aliphatic heterocycles. The molecule has 1 fully saturated rings. The number of nitrogens with two attached hydrogens (primary N) is 1. The molecule has 0 spiro atoms. The summed E-state index contributed by atoms with van der Waals surface area (Å²) in [4.78, 5) is 0. The van der Waals surface area contributed by atoms with Gasteiger partial charge >= 0.3 is 0 Å². The summed E-state index contributed by atoms with van der Waals surface area (Å²) in [5.74, 6) is 1.36. The molecular weight excluding hydrogens is 422 g/mol. The summed E-state index contributed by atoms with van der Waals surface area (Å²) in [5, 5.41) is 18.8. The molecule has 168 valence electrons. The smallest absolute Gasteiger partial charge is 0.185 e. The lowest BCUT2D eigenvalue weighted by molar-refractivity contribution is -0.255. The minimum absolute atomic E-state index is 0.00334. The summed E-state index contributed by atoms with van der Waals surface area (Å²) in [6.45, 7) is 0.137. The zero-order valence-corrected chi connectivity index (χ0v) is 18.7. The Labute approximate surface area is 193 Å². The average molecular weight is 452 g/mol. The zero-order valence-electron chi connectivity index (χ0n) is 17.8. The van der Waals surface area contributed by atoms with Crippen molar-refractivity contribution in [2.24, 2.45) is 0 Å². The number of nitrogen functional groups attached to an aromatic ring is 1. The van der Waals surface area contributed by atoms with E-state index in [0.29, 0.717) is 11.4 Å². The lowest BCUT2D eigenvalue weighted by Gasteiger charge is -2.43. The molecule has 4 rings (SSSR count). The van der Waals surface area contributed by atoms with E-state index in [1.807, 2.05) is 66.7 Å². The number of hydrogen-bond donors (Lipinski definition) is 3. The van der Waals surface area contributed by atoms with E-state index in [1.165, 1.54) is 0 Å². The molecule has 0 radical (unpaired) electrons. The first-order valence-electron chi connectivity index (χ1n) is 10.8. The van der Waals surface area contributed by atoms with Gasteiger partial charge in [0.15, 0.2) is 6.29 Å². The van der Waals surface area contributed by atoms with Gasteiger partial charge in [0.1, 0.15) is 0 Å². The Kier molecular flexibility index (Phi) is 7.84. The number of hydrogen-bond acceptors (Lipinski definition) is 6. The molecule has 5 nitrogen and oxygen atoms in total. The molecular formula is C26H29NO4S. The number of benzene rings is 3. The van der Waals surface area contributed by atoms with Crippen LogP contribution in [-0.4, -0.2) is 34.4 Å². The second kappa shape index (κ2) is 11.0. The van der Waals surface area contributed by atoms with Crippen LogP contribution in [0.25, 0.3) is 0 Å². The van der Waals surface area contributed by atoms with Gasteiger partial charge in [0.05, 0.1) is 25.4 Å². The number of rotatable bonds is 8. The van der Waals surface area contributed by atoms with E-state index in [1.54, 1.807) is 11.8 Å². The molecule has 0 bridgehead atoms. The fourth-order valence-electron chi connectivity index (χ4n) is 4.12.